The summed E-state index contributed by atoms with van der Waals surface area (Å²) in [6.07, 6.45) is 3.36. The first kappa shape index (κ1) is 14.2. The molecule has 3 N–H and O–H groups in total. The number of nitrogen functional groups attached to an aromatic ring is 1. The number of anilines is 2. The van der Waals surface area contributed by atoms with Crippen LogP contribution in [0, 0.1) is 6.92 Å². The highest BCUT2D eigenvalue weighted by molar-refractivity contribution is 9.10. The molecule has 0 fully saturated rings. The van der Waals surface area contributed by atoms with E-state index in [1.54, 1.807) is 6.20 Å². The fraction of sp³-hybridized carbons (Fsp3) is 0.500. The number of halogens is 1. The Morgan fingerprint density at radius 3 is 2.76 bits per heavy atom. The number of sulfone groups is 1. The van der Waals surface area contributed by atoms with Gasteiger partial charge in [-0.3, -0.25) is 0 Å². The minimum Gasteiger partial charge on any atom is -0.397 e. The molecular weight excluding hydrogens is 306 g/mol. The second kappa shape index (κ2) is 5.68. The molecule has 96 valence electrons. The van der Waals surface area contributed by atoms with E-state index < -0.39 is 9.84 Å². The van der Waals surface area contributed by atoms with Gasteiger partial charge in [0.25, 0.3) is 0 Å². The number of hydrogen-bond acceptors (Lipinski definition) is 5. The Morgan fingerprint density at radius 1 is 1.53 bits per heavy atom. The third kappa shape index (κ3) is 4.51. The van der Waals surface area contributed by atoms with Gasteiger partial charge in [0.2, 0.25) is 0 Å². The van der Waals surface area contributed by atoms with Gasteiger partial charge >= 0.3 is 0 Å². The summed E-state index contributed by atoms with van der Waals surface area (Å²) in [4.78, 5) is 4.14. The van der Waals surface area contributed by atoms with Crippen molar-refractivity contribution >= 4 is 37.3 Å². The van der Waals surface area contributed by atoms with Gasteiger partial charge in [-0.05, 0) is 34.8 Å². The molecule has 1 heterocycles. The van der Waals surface area contributed by atoms with E-state index in [9.17, 15) is 8.42 Å². The van der Waals surface area contributed by atoms with Crippen molar-refractivity contribution in [1.29, 1.82) is 0 Å². The largest absolute Gasteiger partial charge is 0.397 e. The first-order valence-electron chi connectivity index (χ1n) is 5.13. The first-order chi connectivity index (χ1) is 7.81. The van der Waals surface area contributed by atoms with Gasteiger partial charge in [0.15, 0.2) is 0 Å². The van der Waals surface area contributed by atoms with E-state index >= 15 is 0 Å². The summed E-state index contributed by atoms with van der Waals surface area (Å²) in [5, 5.41) is 3.08. The summed E-state index contributed by atoms with van der Waals surface area (Å²) < 4.78 is 22.7. The Hall–Kier alpha value is -0.820. The van der Waals surface area contributed by atoms with Crippen molar-refractivity contribution in [3.63, 3.8) is 0 Å². The number of rotatable bonds is 5. The zero-order valence-corrected chi connectivity index (χ0v) is 12.2. The fourth-order valence-corrected chi connectivity index (χ4v) is 2.40. The van der Waals surface area contributed by atoms with E-state index in [2.05, 4.69) is 26.2 Å². The lowest BCUT2D eigenvalue weighted by Gasteiger charge is -2.10. The van der Waals surface area contributed by atoms with Crippen LogP contribution in [-0.2, 0) is 9.84 Å². The molecular formula is C10H16BrN3O2S. The molecule has 0 radical (unpaired) electrons. The molecule has 0 unspecified atom stereocenters. The summed E-state index contributed by atoms with van der Waals surface area (Å²) in [6.45, 7) is 2.45. The quantitative estimate of drug-likeness (QED) is 0.804. The molecule has 7 heteroatoms. The maximum absolute atomic E-state index is 10.9. The van der Waals surface area contributed by atoms with Crippen molar-refractivity contribution in [3.8, 4) is 0 Å². The molecule has 0 saturated carbocycles. The second-order valence-corrected chi connectivity index (χ2v) is 6.96. The Balaban J connectivity index is 2.56. The van der Waals surface area contributed by atoms with E-state index in [0.29, 0.717) is 24.5 Å². The van der Waals surface area contributed by atoms with Gasteiger partial charge in [-0.15, -0.1) is 0 Å². The second-order valence-electron chi connectivity index (χ2n) is 3.91. The monoisotopic (exact) mass is 321 g/mol. The number of nitrogens with zero attached hydrogens (tertiary/aromatic N) is 1. The number of nitrogens with one attached hydrogen (secondary N) is 1. The van der Waals surface area contributed by atoms with Crippen LogP contribution in [0.5, 0.6) is 0 Å². The lowest BCUT2D eigenvalue weighted by Crippen LogP contribution is -2.11. The minimum atomic E-state index is -2.90. The molecule has 1 aromatic rings. The molecule has 0 aliphatic rings. The molecule has 0 spiro atoms. The molecule has 0 saturated heterocycles. The maximum Gasteiger partial charge on any atom is 0.147 e. The highest BCUT2D eigenvalue weighted by Crippen LogP contribution is 2.27. The van der Waals surface area contributed by atoms with E-state index in [1.165, 1.54) is 6.26 Å². The van der Waals surface area contributed by atoms with E-state index in [0.717, 1.165) is 10.0 Å². The van der Waals surface area contributed by atoms with E-state index in [-0.39, 0.29) is 5.75 Å². The third-order valence-corrected chi connectivity index (χ3v) is 4.29. The zero-order chi connectivity index (χ0) is 13.1. The van der Waals surface area contributed by atoms with Crippen LogP contribution in [0.1, 0.15) is 12.0 Å². The topological polar surface area (TPSA) is 85.1 Å². The van der Waals surface area contributed by atoms with Gasteiger partial charge in [-0.2, -0.15) is 0 Å². The summed E-state index contributed by atoms with van der Waals surface area (Å²) in [6, 6.07) is 0. The van der Waals surface area contributed by atoms with Crippen molar-refractivity contribution in [2.75, 3.05) is 29.6 Å². The number of pyridine rings is 1. The zero-order valence-electron chi connectivity index (χ0n) is 9.83. The van der Waals surface area contributed by atoms with E-state index in [1.807, 2.05) is 6.92 Å². The maximum atomic E-state index is 10.9. The third-order valence-electron chi connectivity index (χ3n) is 2.29. The molecule has 0 aliphatic carbocycles. The normalized spacial score (nSPS) is 11.5. The lowest BCUT2D eigenvalue weighted by molar-refractivity contribution is 0.600. The van der Waals surface area contributed by atoms with Crippen LogP contribution < -0.4 is 11.1 Å². The van der Waals surface area contributed by atoms with Crippen LogP contribution >= 0.6 is 15.9 Å². The molecule has 1 rings (SSSR count). The molecule has 0 aliphatic heterocycles. The summed E-state index contributed by atoms with van der Waals surface area (Å²) in [5.41, 5.74) is 7.25. The molecule has 0 bridgehead atoms. The van der Waals surface area contributed by atoms with E-state index in [4.69, 9.17) is 5.73 Å². The summed E-state index contributed by atoms with van der Waals surface area (Å²) >= 11 is 3.40. The number of aromatic nitrogens is 1. The highest BCUT2D eigenvalue weighted by Gasteiger charge is 2.07. The average Bonchev–Trinajstić information content (AvgIpc) is 2.22. The molecule has 17 heavy (non-hydrogen) atoms. The lowest BCUT2D eigenvalue weighted by atomic mass is 10.2. The summed E-state index contributed by atoms with van der Waals surface area (Å²) in [5.74, 6) is 0.858. The predicted octanol–water partition coefficient (Wildman–Crippen LogP) is 1.58. The van der Waals surface area contributed by atoms with Crippen LogP contribution in [0.15, 0.2) is 10.7 Å². The van der Waals surface area contributed by atoms with Crippen molar-refractivity contribution < 1.29 is 8.42 Å². The SMILES string of the molecule is Cc1c(N)cnc(NCCCS(C)(=O)=O)c1Br. The van der Waals surface area contributed by atoms with Gasteiger partial charge < -0.3 is 11.1 Å². The smallest absolute Gasteiger partial charge is 0.147 e. The van der Waals surface area contributed by atoms with Crippen molar-refractivity contribution in [2.24, 2.45) is 0 Å². The van der Waals surface area contributed by atoms with Crippen LogP contribution in [-0.4, -0.2) is 32.0 Å². The standard InChI is InChI=1S/C10H16BrN3O2S/c1-7-8(12)6-14-10(9(7)11)13-4-3-5-17(2,15)16/h6H,3-5,12H2,1-2H3,(H,13,14). The van der Waals surface area contributed by atoms with Crippen molar-refractivity contribution in [3.05, 3.63) is 16.2 Å². The summed E-state index contributed by atoms with van der Waals surface area (Å²) in [7, 11) is -2.90. The van der Waals surface area contributed by atoms with Gasteiger partial charge in [-0.25, -0.2) is 13.4 Å². The highest BCUT2D eigenvalue weighted by atomic mass is 79.9. The van der Waals surface area contributed by atoms with Crippen molar-refractivity contribution in [1.82, 2.24) is 4.98 Å². The number of nitrogens with two attached hydrogens (primary N) is 1. The van der Waals surface area contributed by atoms with Crippen LogP contribution in [0.25, 0.3) is 0 Å². The molecule has 0 aromatic carbocycles. The minimum absolute atomic E-state index is 0.172. The van der Waals surface area contributed by atoms with Gasteiger partial charge in [-0.1, -0.05) is 0 Å². The Bertz CT molecular complexity index is 503. The van der Waals surface area contributed by atoms with Gasteiger partial charge in [0.05, 0.1) is 22.1 Å². The molecule has 0 atom stereocenters. The van der Waals surface area contributed by atoms with Crippen molar-refractivity contribution in [2.45, 2.75) is 13.3 Å². The van der Waals surface area contributed by atoms with Crippen LogP contribution in [0.2, 0.25) is 0 Å². The molecule has 1 aromatic heterocycles. The molecule has 0 amide bonds. The Morgan fingerprint density at radius 2 is 2.18 bits per heavy atom. The predicted molar refractivity (Wildman–Crippen MR) is 73.9 cm³/mol. The average molecular weight is 322 g/mol. The van der Waals surface area contributed by atoms with Crippen LogP contribution in [0.4, 0.5) is 11.5 Å². The fourth-order valence-electron chi connectivity index (χ4n) is 1.26. The first-order valence-corrected chi connectivity index (χ1v) is 7.99. The van der Waals surface area contributed by atoms with Crippen LogP contribution in [0.3, 0.4) is 0 Å². The Kier molecular flexibility index (Phi) is 4.76. The molecule has 5 nitrogen and oxygen atoms in total. The Labute approximate surface area is 110 Å². The number of hydrogen-bond donors (Lipinski definition) is 2. The van der Waals surface area contributed by atoms with Gasteiger partial charge in [0, 0.05) is 12.8 Å². The van der Waals surface area contributed by atoms with Gasteiger partial charge in [0.1, 0.15) is 15.7 Å².